The standard InChI is InChI=1S/C27H34N2O6/c1-32-20-8-10-23(33-2)21(16-20)22-6-5-12-29(22)27(31)19-15-26(30)28(17-19)13-11-18-7-9-24(34-3)25(14-18)35-4/h7-10,14,16,19,22H,5-6,11-13,15,17H2,1-4H3. The zero-order chi connectivity index (χ0) is 24.9. The van der Waals surface area contributed by atoms with Gasteiger partial charge in [0, 0.05) is 31.6 Å². The van der Waals surface area contributed by atoms with Crippen molar-refractivity contribution in [2.75, 3.05) is 48.1 Å². The lowest BCUT2D eigenvalue weighted by Crippen LogP contribution is -2.37. The van der Waals surface area contributed by atoms with Gasteiger partial charge in [0.15, 0.2) is 11.5 Å². The minimum Gasteiger partial charge on any atom is -0.497 e. The first kappa shape index (κ1) is 24.7. The summed E-state index contributed by atoms with van der Waals surface area (Å²) in [6.45, 7) is 1.69. The summed E-state index contributed by atoms with van der Waals surface area (Å²) in [6, 6.07) is 11.4. The van der Waals surface area contributed by atoms with E-state index in [0.29, 0.717) is 37.6 Å². The van der Waals surface area contributed by atoms with Crippen LogP contribution in [0.25, 0.3) is 0 Å². The minimum absolute atomic E-state index is 0.0264. The zero-order valence-electron chi connectivity index (χ0n) is 20.9. The maximum Gasteiger partial charge on any atom is 0.228 e. The van der Waals surface area contributed by atoms with Crippen LogP contribution in [0.4, 0.5) is 0 Å². The first-order valence-electron chi connectivity index (χ1n) is 12.0. The topological polar surface area (TPSA) is 77.5 Å². The Kier molecular flexibility index (Phi) is 7.68. The van der Waals surface area contributed by atoms with Gasteiger partial charge >= 0.3 is 0 Å². The first-order valence-corrected chi connectivity index (χ1v) is 12.0. The van der Waals surface area contributed by atoms with Crippen LogP contribution in [0.15, 0.2) is 36.4 Å². The number of ether oxygens (including phenoxy) is 4. The van der Waals surface area contributed by atoms with Gasteiger partial charge in [-0.2, -0.15) is 0 Å². The molecule has 0 spiro atoms. The van der Waals surface area contributed by atoms with Gasteiger partial charge in [-0.05, 0) is 55.2 Å². The molecule has 2 aromatic carbocycles. The van der Waals surface area contributed by atoms with Gasteiger partial charge < -0.3 is 28.7 Å². The molecule has 0 N–H and O–H groups in total. The molecule has 8 nitrogen and oxygen atoms in total. The summed E-state index contributed by atoms with van der Waals surface area (Å²) in [7, 11) is 6.48. The summed E-state index contributed by atoms with van der Waals surface area (Å²) in [5.41, 5.74) is 2.00. The maximum atomic E-state index is 13.5. The molecule has 2 atom stereocenters. The summed E-state index contributed by atoms with van der Waals surface area (Å²) in [5, 5.41) is 0. The number of hydrogen-bond acceptors (Lipinski definition) is 6. The van der Waals surface area contributed by atoms with Crippen LogP contribution in [-0.4, -0.2) is 69.7 Å². The quantitative estimate of drug-likeness (QED) is 0.545. The molecule has 0 aliphatic carbocycles. The van der Waals surface area contributed by atoms with Crippen molar-refractivity contribution in [3.63, 3.8) is 0 Å². The third-order valence-corrected chi connectivity index (χ3v) is 7.01. The Labute approximate surface area is 206 Å². The van der Waals surface area contributed by atoms with E-state index in [1.165, 1.54) is 0 Å². The third-order valence-electron chi connectivity index (χ3n) is 7.01. The van der Waals surface area contributed by atoms with Gasteiger partial charge in [0.25, 0.3) is 0 Å². The average Bonchev–Trinajstić information content (AvgIpc) is 3.53. The lowest BCUT2D eigenvalue weighted by molar-refractivity contribution is -0.136. The van der Waals surface area contributed by atoms with Crippen molar-refractivity contribution in [2.24, 2.45) is 5.92 Å². The second-order valence-electron chi connectivity index (χ2n) is 8.98. The van der Waals surface area contributed by atoms with Crippen LogP contribution in [0.5, 0.6) is 23.0 Å². The molecule has 2 fully saturated rings. The monoisotopic (exact) mass is 482 g/mol. The van der Waals surface area contributed by atoms with Crippen LogP contribution in [-0.2, 0) is 16.0 Å². The lowest BCUT2D eigenvalue weighted by atomic mass is 10.0. The van der Waals surface area contributed by atoms with Crippen LogP contribution < -0.4 is 18.9 Å². The van der Waals surface area contributed by atoms with E-state index < -0.39 is 0 Å². The Morgan fingerprint density at radius 1 is 0.943 bits per heavy atom. The molecule has 8 heteroatoms. The largest absolute Gasteiger partial charge is 0.497 e. The number of rotatable bonds is 9. The van der Waals surface area contributed by atoms with E-state index in [1.54, 1.807) is 33.3 Å². The summed E-state index contributed by atoms with van der Waals surface area (Å²) in [6.07, 6.45) is 2.71. The summed E-state index contributed by atoms with van der Waals surface area (Å²) in [5.74, 6) is 2.56. The smallest absolute Gasteiger partial charge is 0.228 e. The average molecular weight is 483 g/mol. The molecule has 2 amide bonds. The van der Waals surface area contributed by atoms with Crippen LogP contribution in [0.1, 0.15) is 36.4 Å². The van der Waals surface area contributed by atoms with E-state index in [1.807, 2.05) is 41.3 Å². The highest BCUT2D eigenvalue weighted by atomic mass is 16.5. The molecule has 0 aromatic heterocycles. The van der Waals surface area contributed by atoms with Gasteiger partial charge in [0.2, 0.25) is 11.8 Å². The van der Waals surface area contributed by atoms with Crippen LogP contribution in [0.2, 0.25) is 0 Å². The van der Waals surface area contributed by atoms with Crippen molar-refractivity contribution in [1.29, 1.82) is 0 Å². The van der Waals surface area contributed by atoms with Gasteiger partial charge in [-0.15, -0.1) is 0 Å². The van der Waals surface area contributed by atoms with E-state index in [0.717, 1.165) is 35.5 Å². The Balaban J connectivity index is 1.42. The number of nitrogens with zero attached hydrogens (tertiary/aromatic N) is 2. The van der Waals surface area contributed by atoms with Gasteiger partial charge in [-0.3, -0.25) is 9.59 Å². The van der Waals surface area contributed by atoms with E-state index in [4.69, 9.17) is 18.9 Å². The molecule has 2 aromatic rings. The molecule has 2 unspecified atom stereocenters. The third kappa shape index (κ3) is 5.16. The van der Waals surface area contributed by atoms with Gasteiger partial charge in [0.05, 0.1) is 40.4 Å². The highest BCUT2D eigenvalue weighted by Gasteiger charge is 2.40. The number of amides is 2. The number of likely N-dealkylation sites (tertiary alicyclic amines) is 2. The Hall–Kier alpha value is -3.42. The SMILES string of the molecule is COc1ccc(OC)c(C2CCCN2C(=O)C2CC(=O)N(CCc3ccc(OC)c(OC)c3)C2)c1. The molecule has 188 valence electrons. The van der Waals surface area contributed by atoms with Crippen LogP contribution in [0.3, 0.4) is 0 Å². The second-order valence-corrected chi connectivity index (χ2v) is 8.98. The van der Waals surface area contributed by atoms with Crippen LogP contribution in [0, 0.1) is 5.92 Å². The molecule has 2 saturated heterocycles. The number of carbonyl (C=O) groups excluding carboxylic acids is 2. The van der Waals surface area contributed by atoms with Gasteiger partial charge in [0.1, 0.15) is 11.5 Å². The van der Waals surface area contributed by atoms with Crippen molar-refractivity contribution in [1.82, 2.24) is 9.80 Å². The fraction of sp³-hybridized carbons (Fsp3) is 0.481. The molecule has 0 saturated carbocycles. The zero-order valence-corrected chi connectivity index (χ0v) is 20.9. The first-order chi connectivity index (χ1) is 17.0. The highest BCUT2D eigenvalue weighted by molar-refractivity contribution is 5.89. The Morgan fingerprint density at radius 3 is 2.40 bits per heavy atom. The van der Waals surface area contributed by atoms with Crippen molar-refractivity contribution < 1.29 is 28.5 Å². The molecular formula is C27H34N2O6. The van der Waals surface area contributed by atoms with Crippen molar-refractivity contribution >= 4 is 11.8 Å². The van der Waals surface area contributed by atoms with E-state index in [9.17, 15) is 9.59 Å². The molecular weight excluding hydrogens is 448 g/mol. The summed E-state index contributed by atoms with van der Waals surface area (Å²) >= 11 is 0. The molecule has 0 bridgehead atoms. The van der Waals surface area contributed by atoms with E-state index in [-0.39, 0.29) is 30.2 Å². The molecule has 0 radical (unpaired) electrons. The van der Waals surface area contributed by atoms with Crippen LogP contribution >= 0.6 is 0 Å². The van der Waals surface area contributed by atoms with E-state index in [2.05, 4.69) is 0 Å². The molecule has 2 aliphatic rings. The highest BCUT2D eigenvalue weighted by Crippen LogP contribution is 2.40. The summed E-state index contributed by atoms with van der Waals surface area (Å²) < 4.78 is 21.7. The Bertz CT molecular complexity index is 1070. The van der Waals surface area contributed by atoms with Crippen molar-refractivity contribution in [3.05, 3.63) is 47.5 Å². The van der Waals surface area contributed by atoms with Gasteiger partial charge in [-0.1, -0.05) is 6.07 Å². The molecule has 4 rings (SSSR count). The van der Waals surface area contributed by atoms with Crippen molar-refractivity contribution in [3.8, 4) is 23.0 Å². The number of methoxy groups -OCH3 is 4. The predicted molar refractivity (Wildman–Crippen MR) is 131 cm³/mol. The van der Waals surface area contributed by atoms with E-state index >= 15 is 0 Å². The van der Waals surface area contributed by atoms with Crippen molar-refractivity contribution in [2.45, 2.75) is 31.7 Å². The summed E-state index contributed by atoms with van der Waals surface area (Å²) in [4.78, 5) is 30.0. The predicted octanol–water partition coefficient (Wildman–Crippen LogP) is 3.48. The lowest BCUT2D eigenvalue weighted by Gasteiger charge is -2.29. The second kappa shape index (κ2) is 10.9. The fourth-order valence-electron chi connectivity index (χ4n) is 5.14. The molecule has 2 heterocycles. The normalized spacial score (nSPS) is 19.7. The molecule has 35 heavy (non-hydrogen) atoms. The van der Waals surface area contributed by atoms with Gasteiger partial charge in [-0.25, -0.2) is 0 Å². The maximum absolute atomic E-state index is 13.5. The molecule has 2 aliphatic heterocycles. The number of carbonyl (C=O) groups is 2. The Morgan fingerprint density at radius 2 is 1.69 bits per heavy atom. The number of benzene rings is 2. The fourth-order valence-corrected chi connectivity index (χ4v) is 5.14. The minimum atomic E-state index is -0.329. The number of hydrogen-bond donors (Lipinski definition) is 0.